The van der Waals surface area contributed by atoms with Crippen LogP contribution in [-0.2, 0) is 29.5 Å². The third kappa shape index (κ3) is 5.16. The van der Waals surface area contributed by atoms with Gasteiger partial charge in [-0.2, -0.15) is 0 Å². The standard InChI is InChI=1S/C25H26N2O3S/c1-2-19-8-11-23(12-9-19)31(28,29)27-15-14-21-17-26-25-16-22(10-13-24(21)25)30-18-20-6-4-3-5-7-20/h3-13,16-17,26-27H,2,14-15,18H2,1H3. The van der Waals surface area contributed by atoms with Crippen LogP contribution in [0.3, 0.4) is 0 Å². The molecule has 2 N–H and O–H groups in total. The molecule has 4 aromatic rings. The molecule has 0 spiro atoms. The van der Waals surface area contributed by atoms with Gasteiger partial charge in [-0.1, -0.05) is 49.4 Å². The van der Waals surface area contributed by atoms with Crippen LogP contribution in [0.2, 0.25) is 0 Å². The van der Waals surface area contributed by atoms with Gasteiger partial charge in [-0.3, -0.25) is 0 Å². The van der Waals surface area contributed by atoms with Crippen molar-refractivity contribution in [3.63, 3.8) is 0 Å². The Hall–Kier alpha value is -3.09. The number of ether oxygens (including phenoxy) is 1. The summed E-state index contributed by atoms with van der Waals surface area (Å²) in [7, 11) is -3.51. The maximum atomic E-state index is 12.5. The Morgan fingerprint density at radius 1 is 0.935 bits per heavy atom. The molecule has 1 aromatic heterocycles. The predicted octanol–water partition coefficient (Wildman–Crippen LogP) is 4.83. The molecule has 0 aliphatic carbocycles. The Bertz CT molecular complexity index is 1250. The van der Waals surface area contributed by atoms with E-state index in [0.717, 1.165) is 39.8 Å². The Labute approximate surface area is 183 Å². The summed E-state index contributed by atoms with van der Waals surface area (Å²) in [6.45, 7) is 2.89. The summed E-state index contributed by atoms with van der Waals surface area (Å²) in [6, 6.07) is 23.0. The molecule has 31 heavy (non-hydrogen) atoms. The maximum absolute atomic E-state index is 12.5. The van der Waals surface area contributed by atoms with Crippen LogP contribution in [-0.4, -0.2) is 19.9 Å². The van der Waals surface area contributed by atoms with E-state index in [1.807, 2.05) is 73.8 Å². The van der Waals surface area contributed by atoms with Gasteiger partial charge in [0.2, 0.25) is 10.0 Å². The summed E-state index contributed by atoms with van der Waals surface area (Å²) < 4.78 is 33.6. The van der Waals surface area contributed by atoms with Crippen LogP contribution in [0.25, 0.3) is 10.9 Å². The van der Waals surface area contributed by atoms with Gasteiger partial charge in [0.25, 0.3) is 0 Å². The second-order valence-electron chi connectivity index (χ2n) is 7.44. The van der Waals surface area contributed by atoms with Crippen LogP contribution in [0, 0.1) is 0 Å². The number of hydrogen-bond acceptors (Lipinski definition) is 3. The van der Waals surface area contributed by atoms with E-state index in [1.165, 1.54) is 0 Å². The number of benzene rings is 3. The lowest BCUT2D eigenvalue weighted by Crippen LogP contribution is -2.25. The van der Waals surface area contributed by atoms with E-state index in [4.69, 9.17) is 4.74 Å². The molecule has 3 aromatic carbocycles. The molecule has 6 heteroatoms. The van der Waals surface area contributed by atoms with E-state index in [2.05, 4.69) is 9.71 Å². The molecule has 0 radical (unpaired) electrons. The van der Waals surface area contributed by atoms with Crippen molar-refractivity contribution < 1.29 is 13.2 Å². The third-order valence-electron chi connectivity index (χ3n) is 5.32. The Kier molecular flexibility index (Phi) is 6.39. The van der Waals surface area contributed by atoms with E-state index < -0.39 is 10.0 Å². The molecule has 0 saturated carbocycles. The number of hydrogen-bond donors (Lipinski definition) is 2. The number of H-pyrrole nitrogens is 1. The quantitative estimate of drug-likeness (QED) is 0.396. The second-order valence-corrected chi connectivity index (χ2v) is 9.21. The van der Waals surface area contributed by atoms with Crippen LogP contribution < -0.4 is 9.46 Å². The van der Waals surface area contributed by atoms with Gasteiger partial charge >= 0.3 is 0 Å². The van der Waals surface area contributed by atoms with E-state index in [9.17, 15) is 8.42 Å². The van der Waals surface area contributed by atoms with Crippen LogP contribution in [0.4, 0.5) is 0 Å². The monoisotopic (exact) mass is 434 g/mol. The number of nitrogens with one attached hydrogen (secondary N) is 2. The van der Waals surface area contributed by atoms with Crippen molar-refractivity contribution in [1.82, 2.24) is 9.71 Å². The van der Waals surface area contributed by atoms with Gasteiger partial charge in [-0.25, -0.2) is 13.1 Å². The smallest absolute Gasteiger partial charge is 0.240 e. The minimum absolute atomic E-state index is 0.295. The highest BCUT2D eigenvalue weighted by Crippen LogP contribution is 2.24. The maximum Gasteiger partial charge on any atom is 0.240 e. The van der Waals surface area contributed by atoms with Crippen molar-refractivity contribution in [2.24, 2.45) is 0 Å². The van der Waals surface area contributed by atoms with Gasteiger partial charge in [0, 0.05) is 29.7 Å². The molecular weight excluding hydrogens is 408 g/mol. The lowest BCUT2D eigenvalue weighted by atomic mass is 10.1. The Morgan fingerprint density at radius 2 is 1.71 bits per heavy atom. The summed E-state index contributed by atoms with van der Waals surface area (Å²) in [6.07, 6.45) is 3.40. The first kappa shape index (κ1) is 21.2. The predicted molar refractivity (Wildman–Crippen MR) is 124 cm³/mol. The normalized spacial score (nSPS) is 11.6. The number of aromatic amines is 1. The number of aromatic nitrogens is 1. The minimum atomic E-state index is -3.51. The van der Waals surface area contributed by atoms with Gasteiger partial charge in [-0.15, -0.1) is 0 Å². The molecule has 0 aliphatic rings. The van der Waals surface area contributed by atoms with Crippen molar-refractivity contribution in [3.05, 3.63) is 95.7 Å². The highest BCUT2D eigenvalue weighted by Gasteiger charge is 2.14. The van der Waals surface area contributed by atoms with Gasteiger partial charge in [0.1, 0.15) is 12.4 Å². The number of aryl methyl sites for hydroxylation is 1. The Morgan fingerprint density at radius 3 is 2.45 bits per heavy atom. The highest BCUT2D eigenvalue weighted by molar-refractivity contribution is 7.89. The molecule has 0 amide bonds. The van der Waals surface area contributed by atoms with Crippen molar-refractivity contribution >= 4 is 20.9 Å². The fourth-order valence-corrected chi connectivity index (χ4v) is 4.54. The molecule has 0 aliphatic heterocycles. The third-order valence-corrected chi connectivity index (χ3v) is 6.79. The molecule has 0 atom stereocenters. The average Bonchev–Trinajstić information content (AvgIpc) is 3.20. The second kappa shape index (κ2) is 9.37. The summed E-state index contributed by atoms with van der Waals surface area (Å²) in [5.74, 6) is 0.793. The van der Waals surface area contributed by atoms with E-state index in [-0.39, 0.29) is 0 Å². The SMILES string of the molecule is CCc1ccc(S(=O)(=O)NCCc2c[nH]c3cc(OCc4ccccc4)ccc23)cc1. The first-order valence-corrected chi connectivity index (χ1v) is 11.9. The highest BCUT2D eigenvalue weighted by atomic mass is 32.2. The zero-order valence-corrected chi connectivity index (χ0v) is 18.3. The minimum Gasteiger partial charge on any atom is -0.489 e. The molecule has 0 unspecified atom stereocenters. The fraction of sp³-hybridized carbons (Fsp3) is 0.200. The molecule has 4 rings (SSSR count). The molecular formula is C25H26N2O3S. The summed E-state index contributed by atoms with van der Waals surface area (Å²) in [5.41, 5.74) is 4.27. The summed E-state index contributed by atoms with van der Waals surface area (Å²) >= 11 is 0. The molecule has 1 heterocycles. The van der Waals surface area contributed by atoms with Crippen LogP contribution in [0.15, 0.2) is 83.9 Å². The zero-order chi connectivity index (χ0) is 21.7. The van der Waals surface area contributed by atoms with Crippen LogP contribution >= 0.6 is 0 Å². The first-order valence-electron chi connectivity index (χ1n) is 10.4. The molecule has 0 bridgehead atoms. The number of fused-ring (bicyclic) bond motifs is 1. The fourth-order valence-electron chi connectivity index (χ4n) is 3.51. The molecule has 160 valence electrons. The van der Waals surface area contributed by atoms with Gasteiger partial charge < -0.3 is 9.72 Å². The van der Waals surface area contributed by atoms with Crippen molar-refractivity contribution in [3.8, 4) is 5.75 Å². The van der Waals surface area contributed by atoms with Crippen molar-refractivity contribution in [1.29, 1.82) is 0 Å². The molecule has 0 saturated heterocycles. The van der Waals surface area contributed by atoms with Crippen molar-refractivity contribution in [2.75, 3.05) is 6.54 Å². The average molecular weight is 435 g/mol. The lowest BCUT2D eigenvalue weighted by Gasteiger charge is -2.08. The van der Waals surface area contributed by atoms with E-state index >= 15 is 0 Å². The topological polar surface area (TPSA) is 71.2 Å². The zero-order valence-electron chi connectivity index (χ0n) is 17.5. The lowest BCUT2D eigenvalue weighted by molar-refractivity contribution is 0.306. The first-order chi connectivity index (χ1) is 15.0. The molecule has 5 nitrogen and oxygen atoms in total. The number of sulfonamides is 1. The van der Waals surface area contributed by atoms with Gasteiger partial charge in [-0.05, 0) is 53.8 Å². The summed E-state index contributed by atoms with van der Waals surface area (Å²) in [5, 5.41) is 1.07. The van der Waals surface area contributed by atoms with Crippen molar-refractivity contribution in [2.45, 2.75) is 31.3 Å². The van der Waals surface area contributed by atoms with Crippen LogP contribution in [0.5, 0.6) is 5.75 Å². The number of rotatable bonds is 9. The van der Waals surface area contributed by atoms with E-state index in [1.54, 1.807) is 12.1 Å². The Balaban J connectivity index is 1.37. The van der Waals surface area contributed by atoms with Gasteiger partial charge in [0.05, 0.1) is 4.90 Å². The van der Waals surface area contributed by atoms with E-state index in [0.29, 0.717) is 24.5 Å². The largest absolute Gasteiger partial charge is 0.489 e. The van der Waals surface area contributed by atoms with Gasteiger partial charge in [0.15, 0.2) is 0 Å². The van der Waals surface area contributed by atoms with Crippen LogP contribution in [0.1, 0.15) is 23.6 Å². The summed E-state index contributed by atoms with van der Waals surface area (Å²) in [4.78, 5) is 3.56. The molecule has 0 fully saturated rings.